The van der Waals surface area contributed by atoms with Crippen molar-refractivity contribution in [1.29, 1.82) is 0 Å². The molecule has 0 radical (unpaired) electrons. The molecule has 0 fully saturated rings. The summed E-state index contributed by atoms with van der Waals surface area (Å²) in [5, 5.41) is 9.80. The standard InChI is InChI=1S/C10H9N3O.C8H9F.C2H2O/c14-10(9-3-1-2-5-12-9)13-8-4-6-11-7-8;1-2-7-4-3-5-8(9)6-7;1-2-3/h1-7,11H,(H,13,14);3-6H,2H2,1H3;1,3H. The van der Waals surface area contributed by atoms with Gasteiger partial charge in [-0.05, 0) is 42.3 Å². The quantitative estimate of drug-likeness (QED) is 0.623. The molecule has 0 aliphatic carbocycles. The number of H-pyrrole nitrogens is 1. The van der Waals surface area contributed by atoms with Gasteiger partial charge in [-0.25, -0.2) is 4.39 Å². The van der Waals surface area contributed by atoms with E-state index < -0.39 is 0 Å². The van der Waals surface area contributed by atoms with E-state index >= 15 is 0 Å². The maximum atomic E-state index is 12.4. The van der Waals surface area contributed by atoms with Gasteiger partial charge < -0.3 is 15.4 Å². The van der Waals surface area contributed by atoms with E-state index in [0.29, 0.717) is 5.69 Å². The van der Waals surface area contributed by atoms with E-state index in [9.17, 15) is 9.18 Å². The Bertz CT molecular complexity index is 813. The number of benzene rings is 1. The Morgan fingerprint density at radius 3 is 2.58 bits per heavy atom. The van der Waals surface area contributed by atoms with E-state index in [2.05, 4.69) is 21.7 Å². The highest BCUT2D eigenvalue weighted by molar-refractivity contribution is 6.02. The van der Waals surface area contributed by atoms with Crippen LogP contribution < -0.4 is 5.32 Å². The van der Waals surface area contributed by atoms with E-state index in [4.69, 9.17) is 5.11 Å². The summed E-state index contributed by atoms with van der Waals surface area (Å²) in [7, 11) is 0. The number of rotatable bonds is 3. The molecule has 1 aromatic carbocycles. The van der Waals surface area contributed by atoms with Gasteiger partial charge in [0, 0.05) is 18.6 Å². The SMILES string of the molecule is C#CO.CCc1cccc(F)c1.O=C(Nc1cc[nH]c1)c1ccccn1. The number of aryl methyl sites for hydroxylation is 1. The fourth-order valence-corrected chi connectivity index (χ4v) is 1.85. The Morgan fingerprint density at radius 1 is 1.31 bits per heavy atom. The molecule has 134 valence electrons. The van der Waals surface area contributed by atoms with Crippen molar-refractivity contribution in [3.05, 3.63) is 84.2 Å². The summed E-state index contributed by atoms with van der Waals surface area (Å²) in [5.74, 6) is -0.348. The third-order valence-electron chi connectivity index (χ3n) is 3.05. The first-order valence-electron chi connectivity index (χ1n) is 7.80. The number of amides is 1. The van der Waals surface area contributed by atoms with Crippen LogP contribution in [0.25, 0.3) is 0 Å². The lowest BCUT2D eigenvalue weighted by molar-refractivity contribution is 0.102. The van der Waals surface area contributed by atoms with Gasteiger partial charge >= 0.3 is 0 Å². The molecule has 0 saturated carbocycles. The van der Waals surface area contributed by atoms with Crippen LogP contribution in [-0.2, 0) is 6.42 Å². The normalized spacial score (nSPS) is 8.81. The van der Waals surface area contributed by atoms with Crippen molar-refractivity contribution in [2.24, 2.45) is 0 Å². The Hall–Kier alpha value is -3.59. The number of nitrogens with zero attached hydrogens (tertiary/aromatic N) is 1. The molecule has 0 bridgehead atoms. The number of anilines is 1. The summed E-state index contributed by atoms with van der Waals surface area (Å²) in [6.07, 6.45) is 11.3. The zero-order valence-electron chi connectivity index (χ0n) is 14.3. The molecular weight excluding hydrogens is 333 g/mol. The topological polar surface area (TPSA) is 78.0 Å². The molecule has 3 aromatic rings. The van der Waals surface area contributed by atoms with Gasteiger partial charge in [0.05, 0.1) is 5.69 Å². The minimum atomic E-state index is -0.204. The van der Waals surface area contributed by atoms with Crippen molar-refractivity contribution in [3.8, 4) is 12.5 Å². The maximum absolute atomic E-state index is 12.4. The molecule has 0 spiro atoms. The molecule has 5 nitrogen and oxygen atoms in total. The van der Waals surface area contributed by atoms with E-state index in [0.717, 1.165) is 17.7 Å². The Kier molecular flexibility index (Phi) is 9.34. The van der Waals surface area contributed by atoms with Gasteiger partial charge in [-0.15, -0.1) is 0 Å². The number of aromatic amines is 1. The second kappa shape index (κ2) is 11.9. The lowest BCUT2D eigenvalue weighted by Gasteiger charge is -2.00. The molecular formula is C20H20FN3O2. The number of carbonyl (C=O) groups excluding carboxylic acids is 1. The second-order valence-corrected chi connectivity index (χ2v) is 4.88. The van der Waals surface area contributed by atoms with Crippen molar-refractivity contribution in [2.75, 3.05) is 5.32 Å². The zero-order chi connectivity index (χ0) is 19.2. The fourth-order valence-electron chi connectivity index (χ4n) is 1.85. The predicted molar refractivity (Wildman–Crippen MR) is 99.5 cm³/mol. The van der Waals surface area contributed by atoms with Crippen LogP contribution in [0.5, 0.6) is 0 Å². The van der Waals surface area contributed by atoms with Crippen molar-refractivity contribution in [1.82, 2.24) is 9.97 Å². The van der Waals surface area contributed by atoms with Crippen molar-refractivity contribution < 1.29 is 14.3 Å². The second-order valence-electron chi connectivity index (χ2n) is 4.88. The van der Waals surface area contributed by atoms with Gasteiger partial charge in [0.25, 0.3) is 5.91 Å². The van der Waals surface area contributed by atoms with Crippen LogP contribution in [0.3, 0.4) is 0 Å². The van der Waals surface area contributed by atoms with Crippen molar-refractivity contribution >= 4 is 11.6 Å². The van der Waals surface area contributed by atoms with Crippen LogP contribution in [-0.4, -0.2) is 21.0 Å². The smallest absolute Gasteiger partial charge is 0.274 e. The van der Waals surface area contributed by atoms with Gasteiger partial charge in [0.1, 0.15) is 17.6 Å². The van der Waals surface area contributed by atoms with E-state index in [1.165, 1.54) is 12.2 Å². The number of aromatic nitrogens is 2. The minimum absolute atomic E-state index is 0.144. The number of aliphatic hydroxyl groups is 1. The molecule has 0 aliphatic rings. The molecule has 2 heterocycles. The summed E-state index contributed by atoms with van der Waals surface area (Å²) < 4.78 is 12.4. The molecule has 0 atom stereocenters. The minimum Gasteiger partial charge on any atom is -0.462 e. The largest absolute Gasteiger partial charge is 0.462 e. The Labute approximate surface area is 151 Å². The molecule has 0 unspecified atom stereocenters. The highest BCUT2D eigenvalue weighted by Gasteiger charge is 2.05. The van der Waals surface area contributed by atoms with E-state index in [1.807, 2.05) is 13.0 Å². The third kappa shape index (κ3) is 7.79. The number of pyridine rings is 1. The number of aliphatic hydroxyl groups excluding tert-OH is 1. The number of carbonyl (C=O) groups is 1. The zero-order valence-corrected chi connectivity index (χ0v) is 14.3. The number of terminal acetylenes is 1. The maximum Gasteiger partial charge on any atom is 0.274 e. The molecule has 26 heavy (non-hydrogen) atoms. The van der Waals surface area contributed by atoms with Crippen molar-refractivity contribution in [2.45, 2.75) is 13.3 Å². The molecule has 0 saturated heterocycles. The molecule has 3 rings (SSSR count). The monoisotopic (exact) mass is 353 g/mol. The summed E-state index contributed by atoms with van der Waals surface area (Å²) in [6, 6.07) is 13.7. The Balaban J connectivity index is 0.000000243. The average molecular weight is 353 g/mol. The lowest BCUT2D eigenvalue weighted by atomic mass is 10.2. The van der Waals surface area contributed by atoms with E-state index in [1.54, 1.807) is 55.0 Å². The van der Waals surface area contributed by atoms with Gasteiger partial charge in [-0.3, -0.25) is 9.78 Å². The molecule has 1 amide bonds. The molecule has 0 aliphatic heterocycles. The van der Waals surface area contributed by atoms with Crippen LogP contribution in [0.15, 0.2) is 67.1 Å². The lowest BCUT2D eigenvalue weighted by Crippen LogP contribution is -2.12. The van der Waals surface area contributed by atoms with E-state index in [-0.39, 0.29) is 11.7 Å². The van der Waals surface area contributed by atoms with Crippen LogP contribution >= 0.6 is 0 Å². The summed E-state index contributed by atoms with van der Waals surface area (Å²) in [5.41, 5.74) is 2.20. The number of nitrogens with one attached hydrogen (secondary N) is 2. The Morgan fingerprint density at radius 2 is 2.08 bits per heavy atom. The van der Waals surface area contributed by atoms with Crippen molar-refractivity contribution in [3.63, 3.8) is 0 Å². The molecule has 3 N–H and O–H groups in total. The van der Waals surface area contributed by atoms with Crippen LogP contribution in [0.4, 0.5) is 10.1 Å². The van der Waals surface area contributed by atoms with Gasteiger partial charge in [0.15, 0.2) is 0 Å². The fraction of sp³-hybridized carbons (Fsp3) is 0.100. The highest BCUT2D eigenvalue weighted by atomic mass is 19.1. The third-order valence-corrected chi connectivity index (χ3v) is 3.05. The number of hydrogen-bond donors (Lipinski definition) is 3. The summed E-state index contributed by atoms with van der Waals surface area (Å²) >= 11 is 0. The van der Waals surface area contributed by atoms with Crippen LogP contribution in [0, 0.1) is 18.3 Å². The predicted octanol–water partition coefficient (Wildman–Crippen LogP) is 4.00. The first kappa shape index (κ1) is 20.5. The molecule has 6 heteroatoms. The number of halogens is 1. The van der Waals surface area contributed by atoms with Crippen LogP contribution in [0.2, 0.25) is 0 Å². The average Bonchev–Trinajstić information content (AvgIpc) is 3.16. The first-order chi connectivity index (χ1) is 12.6. The van der Waals surface area contributed by atoms with Crippen LogP contribution in [0.1, 0.15) is 23.0 Å². The first-order valence-corrected chi connectivity index (χ1v) is 7.80. The molecule has 2 aromatic heterocycles. The highest BCUT2D eigenvalue weighted by Crippen LogP contribution is 2.05. The number of hydrogen-bond acceptors (Lipinski definition) is 3. The van der Waals surface area contributed by atoms with Gasteiger partial charge in [0.2, 0.25) is 0 Å². The summed E-state index contributed by atoms with van der Waals surface area (Å²) in [6.45, 7) is 2.01. The van der Waals surface area contributed by atoms with Gasteiger partial charge in [-0.2, -0.15) is 0 Å². The summed E-state index contributed by atoms with van der Waals surface area (Å²) in [4.78, 5) is 18.3. The van der Waals surface area contributed by atoms with Gasteiger partial charge in [-0.1, -0.05) is 31.5 Å².